The molecular weight excluding hydrogens is 550 g/mol. The van der Waals surface area contributed by atoms with Gasteiger partial charge in [-0.2, -0.15) is 5.26 Å². The van der Waals surface area contributed by atoms with Crippen molar-refractivity contribution in [3.05, 3.63) is 162 Å². The number of benzene rings is 7. The molecule has 4 nitrogen and oxygen atoms in total. The van der Waals surface area contributed by atoms with Crippen LogP contribution in [0.2, 0.25) is 0 Å². The van der Waals surface area contributed by atoms with Gasteiger partial charge in [-0.3, -0.25) is 0 Å². The van der Waals surface area contributed by atoms with Crippen molar-refractivity contribution in [2.24, 2.45) is 0 Å². The van der Waals surface area contributed by atoms with Gasteiger partial charge in [-0.25, -0.2) is 4.85 Å². The van der Waals surface area contributed by atoms with Crippen LogP contribution in [0.15, 0.2) is 133 Å². The van der Waals surface area contributed by atoms with Crippen LogP contribution in [-0.2, 0) is 0 Å². The minimum atomic E-state index is 0.575. The van der Waals surface area contributed by atoms with E-state index in [1.54, 1.807) is 7.11 Å². The highest BCUT2D eigenvalue weighted by molar-refractivity contribution is 6.15. The number of anilines is 3. The minimum Gasteiger partial charge on any atom is -0.497 e. The molecule has 0 heterocycles. The number of nitriles is 1. The maximum atomic E-state index is 9.95. The van der Waals surface area contributed by atoms with E-state index in [-0.39, 0.29) is 0 Å². The molecule has 0 aromatic heterocycles. The van der Waals surface area contributed by atoms with Crippen molar-refractivity contribution in [3.63, 3.8) is 0 Å². The first-order chi connectivity index (χ1) is 22.2. The van der Waals surface area contributed by atoms with E-state index in [4.69, 9.17) is 11.3 Å². The molecule has 0 radical (unpaired) electrons. The molecule has 0 aliphatic carbocycles. The van der Waals surface area contributed by atoms with Crippen LogP contribution in [0.4, 0.5) is 22.7 Å². The number of hydrogen-bond donors (Lipinski definition) is 0. The summed E-state index contributed by atoms with van der Waals surface area (Å²) in [7, 11) is 1.68. The van der Waals surface area contributed by atoms with Gasteiger partial charge in [-0.05, 0) is 80.5 Å². The molecule has 0 amide bonds. The smallest absolute Gasteiger partial charge is 0.202 e. The van der Waals surface area contributed by atoms with Crippen LogP contribution in [0.1, 0.15) is 16.7 Å². The lowest BCUT2D eigenvalue weighted by Gasteiger charge is -2.27. The average molecular weight is 578 g/mol. The fourth-order valence-corrected chi connectivity index (χ4v) is 6.01. The molecule has 0 atom stereocenters. The second-order valence-electron chi connectivity index (χ2n) is 10.8. The standard InChI is InChI=1S/C41H27N3O/c1-43-41-37-12-6-5-11-35(37)39(27-42)36-25-18-29(26-38(36)41)15-14-28-16-19-31(20-17-28)44(32-21-23-33(45-2)24-22-32)40-13-7-9-30-8-3-4-10-34(30)40/h3-26H,2H3/b15-14-. The summed E-state index contributed by atoms with van der Waals surface area (Å²) in [6, 6.07) is 47.4. The van der Waals surface area contributed by atoms with E-state index in [1.807, 2.05) is 54.6 Å². The van der Waals surface area contributed by atoms with Gasteiger partial charge in [0.2, 0.25) is 5.69 Å². The van der Waals surface area contributed by atoms with Gasteiger partial charge >= 0.3 is 0 Å². The zero-order chi connectivity index (χ0) is 30.8. The van der Waals surface area contributed by atoms with Gasteiger partial charge in [0.05, 0.1) is 24.9 Å². The first-order valence-electron chi connectivity index (χ1n) is 14.6. The van der Waals surface area contributed by atoms with E-state index in [1.165, 1.54) is 10.8 Å². The summed E-state index contributed by atoms with van der Waals surface area (Å²) in [6.45, 7) is 7.90. The summed E-state index contributed by atoms with van der Waals surface area (Å²) in [5, 5.41) is 15.5. The molecular formula is C41H27N3O. The monoisotopic (exact) mass is 577 g/mol. The first kappa shape index (κ1) is 27.5. The minimum absolute atomic E-state index is 0.575. The van der Waals surface area contributed by atoms with E-state index in [9.17, 15) is 5.26 Å². The molecule has 7 aromatic carbocycles. The first-order valence-corrected chi connectivity index (χ1v) is 14.6. The molecule has 0 aliphatic rings. The van der Waals surface area contributed by atoms with E-state index in [0.29, 0.717) is 11.3 Å². The van der Waals surface area contributed by atoms with Crippen LogP contribution in [0.25, 0.3) is 49.3 Å². The van der Waals surface area contributed by atoms with Gasteiger partial charge in [-0.15, -0.1) is 0 Å². The van der Waals surface area contributed by atoms with Crippen LogP contribution in [0.3, 0.4) is 0 Å². The zero-order valence-corrected chi connectivity index (χ0v) is 24.6. The van der Waals surface area contributed by atoms with Crippen molar-refractivity contribution in [3.8, 4) is 11.8 Å². The Morgan fingerprint density at radius 1 is 0.644 bits per heavy atom. The van der Waals surface area contributed by atoms with E-state index >= 15 is 0 Å². The van der Waals surface area contributed by atoms with Crippen LogP contribution >= 0.6 is 0 Å². The average Bonchev–Trinajstić information content (AvgIpc) is 3.10. The molecule has 4 heteroatoms. The van der Waals surface area contributed by atoms with Gasteiger partial charge in [0.25, 0.3) is 0 Å². The molecule has 0 fully saturated rings. The molecule has 0 spiro atoms. The molecule has 0 saturated heterocycles. The molecule has 7 rings (SSSR count). The second-order valence-corrected chi connectivity index (χ2v) is 10.8. The number of nitrogens with zero attached hydrogens (tertiary/aromatic N) is 3. The number of methoxy groups -OCH3 is 1. The van der Waals surface area contributed by atoms with E-state index in [0.717, 1.165) is 55.5 Å². The molecule has 0 saturated carbocycles. The molecule has 45 heavy (non-hydrogen) atoms. The van der Waals surface area contributed by atoms with Gasteiger partial charge < -0.3 is 9.64 Å². The maximum Gasteiger partial charge on any atom is 0.202 e. The number of hydrogen-bond acceptors (Lipinski definition) is 3. The summed E-state index contributed by atoms with van der Waals surface area (Å²) in [5.74, 6) is 0.811. The molecule has 7 aromatic rings. The number of ether oxygens (including phenoxy) is 1. The van der Waals surface area contributed by atoms with Gasteiger partial charge in [0, 0.05) is 16.8 Å². The van der Waals surface area contributed by atoms with Crippen LogP contribution < -0.4 is 9.64 Å². The van der Waals surface area contributed by atoms with Gasteiger partial charge in [0.15, 0.2) is 0 Å². The summed E-state index contributed by atoms with van der Waals surface area (Å²) in [4.78, 5) is 6.14. The third kappa shape index (κ3) is 5.01. The number of rotatable bonds is 6. The lowest BCUT2D eigenvalue weighted by Crippen LogP contribution is -2.10. The quantitative estimate of drug-likeness (QED) is 0.112. The highest BCUT2D eigenvalue weighted by atomic mass is 16.5. The third-order valence-electron chi connectivity index (χ3n) is 8.20. The zero-order valence-electron chi connectivity index (χ0n) is 24.6. The van der Waals surface area contributed by atoms with Crippen molar-refractivity contribution >= 4 is 67.2 Å². The molecule has 212 valence electrons. The highest BCUT2D eigenvalue weighted by Gasteiger charge is 2.16. The van der Waals surface area contributed by atoms with Crippen molar-refractivity contribution in [2.45, 2.75) is 0 Å². The predicted octanol–water partition coefficient (Wildman–Crippen LogP) is 11.2. The Kier molecular flexibility index (Phi) is 7.16. The fraction of sp³-hybridized carbons (Fsp3) is 0.0244. The molecule has 0 aliphatic heterocycles. The third-order valence-corrected chi connectivity index (χ3v) is 8.20. The van der Waals surface area contributed by atoms with E-state index < -0.39 is 0 Å². The maximum absolute atomic E-state index is 9.95. The summed E-state index contributed by atoms with van der Waals surface area (Å²) in [5.41, 5.74) is 6.36. The second kappa shape index (κ2) is 11.7. The Balaban J connectivity index is 1.26. The van der Waals surface area contributed by atoms with Crippen molar-refractivity contribution in [1.29, 1.82) is 5.26 Å². The normalized spacial score (nSPS) is 11.1. The largest absolute Gasteiger partial charge is 0.497 e. The Hall–Kier alpha value is -6.36. The van der Waals surface area contributed by atoms with Gasteiger partial charge in [0.1, 0.15) is 11.8 Å². The Morgan fingerprint density at radius 3 is 1.96 bits per heavy atom. The fourth-order valence-electron chi connectivity index (χ4n) is 6.01. The van der Waals surface area contributed by atoms with Gasteiger partial charge in [-0.1, -0.05) is 103 Å². The van der Waals surface area contributed by atoms with Crippen LogP contribution in [-0.4, -0.2) is 7.11 Å². The Morgan fingerprint density at radius 2 is 1.24 bits per heavy atom. The van der Waals surface area contributed by atoms with E-state index in [2.05, 4.69) is 107 Å². The lowest BCUT2D eigenvalue weighted by molar-refractivity contribution is 0.415. The Bertz CT molecular complexity index is 2320. The lowest BCUT2D eigenvalue weighted by atomic mass is 9.94. The van der Waals surface area contributed by atoms with Crippen LogP contribution in [0.5, 0.6) is 5.75 Å². The summed E-state index contributed by atoms with van der Waals surface area (Å²) < 4.78 is 5.42. The van der Waals surface area contributed by atoms with Crippen molar-refractivity contribution in [2.75, 3.05) is 12.0 Å². The SMILES string of the molecule is [C-]#[N+]c1c2ccccc2c(C#N)c2ccc(/C=C\c3ccc(N(c4ccc(OC)cc4)c4cccc5ccccc45)cc3)cc12. The molecule has 0 N–H and O–H groups in total. The van der Waals surface area contributed by atoms with Crippen molar-refractivity contribution < 1.29 is 4.74 Å². The number of fused-ring (bicyclic) bond motifs is 3. The van der Waals surface area contributed by atoms with Crippen LogP contribution in [0, 0.1) is 17.9 Å². The predicted molar refractivity (Wildman–Crippen MR) is 187 cm³/mol. The molecule has 0 bridgehead atoms. The van der Waals surface area contributed by atoms with Crippen molar-refractivity contribution in [1.82, 2.24) is 0 Å². The summed E-state index contributed by atoms with van der Waals surface area (Å²) >= 11 is 0. The molecule has 0 unspecified atom stereocenters. The Labute approximate surface area is 262 Å². The summed E-state index contributed by atoms with van der Waals surface area (Å²) in [6.07, 6.45) is 4.12. The highest BCUT2D eigenvalue weighted by Crippen LogP contribution is 2.40. The topological polar surface area (TPSA) is 40.6 Å².